The minimum atomic E-state index is -0.713. The fourth-order valence-electron chi connectivity index (χ4n) is 2.29. The first-order valence-electron chi connectivity index (χ1n) is 8.73. The van der Waals surface area contributed by atoms with Crippen molar-refractivity contribution in [3.05, 3.63) is 59.7 Å². The van der Waals surface area contributed by atoms with Gasteiger partial charge in [0.2, 0.25) is 0 Å². The van der Waals surface area contributed by atoms with E-state index in [1.165, 1.54) is 0 Å². The lowest BCUT2D eigenvalue weighted by molar-refractivity contribution is 0.0445. The van der Waals surface area contributed by atoms with Gasteiger partial charge in [-0.3, -0.25) is 0 Å². The van der Waals surface area contributed by atoms with Crippen molar-refractivity contribution in [2.45, 2.75) is 53.1 Å². The Labute approximate surface area is 154 Å². The molecule has 0 fully saturated rings. The van der Waals surface area contributed by atoms with Crippen LogP contribution in [0.2, 0.25) is 0 Å². The zero-order chi connectivity index (χ0) is 18.9. The molecular weight excluding hydrogens is 332 g/mol. The third kappa shape index (κ3) is 7.05. The Morgan fingerprint density at radius 3 is 1.58 bits per heavy atom. The molecule has 2 aromatic rings. The van der Waals surface area contributed by atoms with Crippen molar-refractivity contribution >= 4 is 6.16 Å². The molecule has 0 aliphatic heterocycles. The van der Waals surface area contributed by atoms with E-state index in [2.05, 4.69) is 0 Å². The van der Waals surface area contributed by atoms with Crippen LogP contribution in [-0.2, 0) is 22.7 Å². The van der Waals surface area contributed by atoms with Crippen LogP contribution in [0.25, 0.3) is 0 Å². The Morgan fingerprint density at radius 2 is 1.19 bits per heavy atom. The molecule has 2 aromatic carbocycles. The molecule has 5 nitrogen and oxygen atoms in total. The van der Waals surface area contributed by atoms with Gasteiger partial charge in [0.1, 0.15) is 24.7 Å². The smallest absolute Gasteiger partial charge is 0.491 e. The van der Waals surface area contributed by atoms with Crippen molar-refractivity contribution in [1.29, 1.82) is 0 Å². The molecule has 0 N–H and O–H groups in total. The maximum atomic E-state index is 11.8. The highest BCUT2D eigenvalue weighted by atomic mass is 16.7. The first-order chi connectivity index (χ1) is 12.4. The molecule has 0 saturated carbocycles. The van der Waals surface area contributed by atoms with Gasteiger partial charge < -0.3 is 18.9 Å². The molecule has 5 heteroatoms. The summed E-state index contributed by atoms with van der Waals surface area (Å²) in [5.74, 6) is 1.49. The van der Waals surface area contributed by atoms with Gasteiger partial charge in [0.05, 0.1) is 12.2 Å². The van der Waals surface area contributed by atoms with Crippen LogP contribution in [0.1, 0.15) is 38.8 Å². The van der Waals surface area contributed by atoms with Crippen molar-refractivity contribution in [1.82, 2.24) is 0 Å². The van der Waals surface area contributed by atoms with Crippen molar-refractivity contribution in [2.24, 2.45) is 0 Å². The normalized spacial score (nSPS) is 10.7. The molecule has 2 rings (SSSR count). The molecule has 0 radical (unpaired) electrons. The van der Waals surface area contributed by atoms with Gasteiger partial charge in [0, 0.05) is 0 Å². The van der Waals surface area contributed by atoms with E-state index < -0.39 is 6.16 Å². The van der Waals surface area contributed by atoms with Gasteiger partial charge in [-0.25, -0.2) is 4.79 Å². The van der Waals surface area contributed by atoms with Gasteiger partial charge in [-0.2, -0.15) is 0 Å². The molecule has 140 valence electrons. The Kier molecular flexibility index (Phi) is 7.33. The zero-order valence-corrected chi connectivity index (χ0v) is 15.7. The van der Waals surface area contributed by atoms with Crippen LogP contribution in [0.5, 0.6) is 11.5 Å². The molecule has 0 aliphatic carbocycles. The quantitative estimate of drug-likeness (QED) is 0.614. The predicted octanol–water partition coefficient (Wildman–Crippen LogP) is 5.11. The molecule has 0 unspecified atom stereocenters. The molecule has 26 heavy (non-hydrogen) atoms. The summed E-state index contributed by atoms with van der Waals surface area (Å²) in [5.41, 5.74) is 1.68. The lowest BCUT2D eigenvalue weighted by Gasteiger charge is -2.12. The Bertz CT molecular complexity index is 650. The number of hydrogen-bond acceptors (Lipinski definition) is 5. The SMILES string of the molecule is CC(C)Oc1cccc(COC(=O)OCc2cccc(OC(C)C)c2)c1. The number of ether oxygens (including phenoxy) is 4. The number of hydrogen-bond donors (Lipinski definition) is 0. The van der Waals surface area contributed by atoms with Gasteiger partial charge in [0.25, 0.3) is 0 Å². The maximum Gasteiger partial charge on any atom is 0.508 e. The fourth-order valence-corrected chi connectivity index (χ4v) is 2.29. The number of carbonyl (C=O) groups is 1. The van der Waals surface area contributed by atoms with Crippen LogP contribution >= 0.6 is 0 Å². The zero-order valence-electron chi connectivity index (χ0n) is 15.7. The third-order valence-electron chi connectivity index (χ3n) is 3.25. The molecule has 0 amide bonds. The summed E-state index contributed by atoms with van der Waals surface area (Å²) in [4.78, 5) is 11.8. The number of rotatable bonds is 8. The lowest BCUT2D eigenvalue weighted by Crippen LogP contribution is -2.09. The Balaban J connectivity index is 1.80. The number of benzene rings is 2. The van der Waals surface area contributed by atoms with Crippen LogP contribution < -0.4 is 9.47 Å². The van der Waals surface area contributed by atoms with E-state index in [4.69, 9.17) is 18.9 Å². The predicted molar refractivity (Wildman–Crippen MR) is 99.4 cm³/mol. The summed E-state index contributed by atoms with van der Waals surface area (Å²) < 4.78 is 21.6. The minimum absolute atomic E-state index is 0.0894. The van der Waals surface area contributed by atoms with E-state index in [0.717, 1.165) is 22.6 Å². The Morgan fingerprint density at radius 1 is 0.769 bits per heavy atom. The van der Waals surface area contributed by atoms with Crippen LogP contribution in [0.15, 0.2) is 48.5 Å². The standard InChI is InChI=1S/C21H26O5/c1-15(2)25-19-9-5-7-17(11-19)13-23-21(22)24-14-18-8-6-10-20(12-18)26-16(3)4/h5-12,15-16H,13-14H2,1-4H3. The Hall–Kier alpha value is -2.69. The summed E-state index contributed by atoms with van der Waals surface area (Å²) >= 11 is 0. The van der Waals surface area contributed by atoms with E-state index in [-0.39, 0.29) is 25.4 Å². The van der Waals surface area contributed by atoms with Crippen LogP contribution in [-0.4, -0.2) is 18.4 Å². The van der Waals surface area contributed by atoms with E-state index in [0.29, 0.717) is 0 Å². The largest absolute Gasteiger partial charge is 0.508 e. The molecule has 0 atom stereocenters. The van der Waals surface area contributed by atoms with Gasteiger partial charge in [-0.05, 0) is 63.1 Å². The summed E-state index contributed by atoms with van der Waals surface area (Å²) in [7, 11) is 0. The minimum Gasteiger partial charge on any atom is -0.491 e. The van der Waals surface area contributed by atoms with E-state index >= 15 is 0 Å². The van der Waals surface area contributed by atoms with Gasteiger partial charge in [-0.1, -0.05) is 24.3 Å². The summed E-state index contributed by atoms with van der Waals surface area (Å²) in [6.45, 7) is 8.10. The second-order valence-electron chi connectivity index (χ2n) is 6.46. The van der Waals surface area contributed by atoms with Gasteiger partial charge in [0.15, 0.2) is 0 Å². The fraction of sp³-hybridized carbons (Fsp3) is 0.381. The summed E-state index contributed by atoms with van der Waals surface area (Å²) in [6, 6.07) is 14.9. The summed E-state index contributed by atoms with van der Waals surface area (Å²) in [6.07, 6.45) is -0.534. The molecular formula is C21H26O5. The van der Waals surface area contributed by atoms with Crippen LogP contribution in [0.4, 0.5) is 4.79 Å². The van der Waals surface area contributed by atoms with Crippen LogP contribution in [0, 0.1) is 0 Å². The topological polar surface area (TPSA) is 54.0 Å². The third-order valence-corrected chi connectivity index (χ3v) is 3.25. The summed E-state index contributed by atoms with van der Waals surface area (Å²) in [5, 5.41) is 0. The average molecular weight is 358 g/mol. The average Bonchev–Trinajstić information content (AvgIpc) is 2.58. The second kappa shape index (κ2) is 9.70. The molecule has 0 heterocycles. The molecule has 0 saturated heterocycles. The molecule has 0 bridgehead atoms. The first kappa shape index (κ1) is 19.6. The highest BCUT2D eigenvalue weighted by Crippen LogP contribution is 2.17. The number of carbonyl (C=O) groups excluding carboxylic acids is 1. The lowest BCUT2D eigenvalue weighted by atomic mass is 10.2. The highest BCUT2D eigenvalue weighted by molar-refractivity contribution is 5.60. The van der Waals surface area contributed by atoms with E-state index in [9.17, 15) is 4.79 Å². The highest BCUT2D eigenvalue weighted by Gasteiger charge is 2.07. The van der Waals surface area contributed by atoms with Gasteiger partial charge >= 0.3 is 6.16 Å². The van der Waals surface area contributed by atoms with Crippen molar-refractivity contribution in [3.8, 4) is 11.5 Å². The van der Waals surface area contributed by atoms with Crippen LogP contribution in [0.3, 0.4) is 0 Å². The monoisotopic (exact) mass is 358 g/mol. The molecule has 0 aliphatic rings. The van der Waals surface area contributed by atoms with Crippen molar-refractivity contribution in [3.63, 3.8) is 0 Å². The van der Waals surface area contributed by atoms with Crippen molar-refractivity contribution < 1.29 is 23.7 Å². The molecule has 0 aromatic heterocycles. The van der Waals surface area contributed by atoms with E-state index in [1.807, 2.05) is 76.2 Å². The van der Waals surface area contributed by atoms with Crippen molar-refractivity contribution in [2.75, 3.05) is 0 Å². The van der Waals surface area contributed by atoms with Gasteiger partial charge in [-0.15, -0.1) is 0 Å². The second-order valence-corrected chi connectivity index (χ2v) is 6.46. The maximum absolute atomic E-state index is 11.8. The first-order valence-corrected chi connectivity index (χ1v) is 8.73. The molecule has 0 spiro atoms. The van der Waals surface area contributed by atoms with E-state index in [1.54, 1.807) is 0 Å².